The molecule has 0 spiro atoms. The third-order valence-electron chi connectivity index (χ3n) is 4.62. The van der Waals surface area contributed by atoms with Crippen LogP contribution in [0, 0.1) is 19.7 Å². The summed E-state index contributed by atoms with van der Waals surface area (Å²) >= 11 is 0. The van der Waals surface area contributed by atoms with E-state index < -0.39 is 44.6 Å². The number of carboxylic acid groups (broad SMARTS) is 1. The number of aliphatic carboxylic acids is 1. The molecular weight excluding hydrogens is 453 g/mol. The van der Waals surface area contributed by atoms with E-state index in [-0.39, 0.29) is 10.6 Å². The van der Waals surface area contributed by atoms with Crippen molar-refractivity contribution in [3.8, 4) is 17.2 Å². The first-order valence-corrected chi connectivity index (χ1v) is 11.1. The van der Waals surface area contributed by atoms with Crippen LogP contribution in [0.15, 0.2) is 64.4 Å². The van der Waals surface area contributed by atoms with Crippen LogP contribution in [0.5, 0.6) is 17.2 Å². The number of anilines is 1. The topological polar surface area (TPSA) is 130 Å². The van der Waals surface area contributed by atoms with Crippen molar-refractivity contribution >= 4 is 27.4 Å². The Bertz CT molecular complexity index is 1310. The molecule has 3 N–H and O–H groups in total. The van der Waals surface area contributed by atoms with Gasteiger partial charge < -0.3 is 20.3 Å². The van der Waals surface area contributed by atoms with Crippen LogP contribution in [0.1, 0.15) is 17.5 Å². The Balaban J connectivity index is 1.91. The SMILES string of the molecule is Cc1cc(NC(=O)CC(=O)O)cc(C)c1Oc1ccc(O)c(S(=O)(=O)c2ccc(F)cc2)c1. The van der Waals surface area contributed by atoms with Crippen molar-refractivity contribution in [3.05, 3.63) is 71.5 Å². The number of carboxylic acids is 1. The second-order valence-corrected chi connectivity index (χ2v) is 9.16. The quantitative estimate of drug-likeness (QED) is 0.347. The summed E-state index contributed by atoms with van der Waals surface area (Å²) in [7, 11) is -4.14. The van der Waals surface area contributed by atoms with Crippen molar-refractivity contribution in [2.24, 2.45) is 0 Å². The lowest BCUT2D eigenvalue weighted by Gasteiger charge is -2.15. The largest absolute Gasteiger partial charge is 0.507 e. The van der Waals surface area contributed by atoms with Crippen molar-refractivity contribution in [2.75, 3.05) is 5.32 Å². The summed E-state index contributed by atoms with van der Waals surface area (Å²) in [6, 6.07) is 11.1. The van der Waals surface area contributed by atoms with E-state index in [0.717, 1.165) is 30.3 Å². The van der Waals surface area contributed by atoms with Gasteiger partial charge in [-0.1, -0.05) is 0 Å². The molecule has 0 aliphatic carbocycles. The third kappa shape index (κ3) is 5.47. The summed E-state index contributed by atoms with van der Waals surface area (Å²) in [6.45, 7) is 3.40. The number of nitrogens with one attached hydrogen (secondary N) is 1. The average Bonchev–Trinajstić information content (AvgIpc) is 2.71. The minimum Gasteiger partial charge on any atom is -0.507 e. The standard InChI is InChI=1S/C23H20FNO7S/c1-13-9-16(25-21(27)12-22(28)29)10-14(2)23(13)32-17-5-8-19(26)20(11-17)33(30,31)18-6-3-15(24)4-7-18/h3-11,26H,12H2,1-2H3,(H,25,27)(H,28,29). The van der Waals surface area contributed by atoms with Crippen LogP contribution < -0.4 is 10.1 Å². The number of phenols is 1. The number of phenolic OH excluding ortho intramolecular Hbond substituents is 1. The monoisotopic (exact) mass is 473 g/mol. The fraction of sp³-hybridized carbons (Fsp3) is 0.130. The molecule has 0 fully saturated rings. The van der Waals surface area contributed by atoms with Gasteiger partial charge in [0.25, 0.3) is 0 Å². The molecule has 0 atom stereocenters. The molecular formula is C23H20FNO7S. The van der Waals surface area contributed by atoms with E-state index in [1.165, 1.54) is 12.1 Å². The zero-order valence-corrected chi connectivity index (χ0v) is 18.4. The van der Waals surface area contributed by atoms with Crippen LogP contribution in [0.3, 0.4) is 0 Å². The molecule has 0 heterocycles. The molecule has 0 aromatic heterocycles. The number of carbonyl (C=O) groups excluding carboxylic acids is 1. The number of aryl methyl sites for hydroxylation is 2. The first-order chi connectivity index (χ1) is 15.5. The lowest BCUT2D eigenvalue weighted by Crippen LogP contribution is -2.16. The predicted molar refractivity (Wildman–Crippen MR) is 117 cm³/mol. The second kappa shape index (κ2) is 9.29. The normalized spacial score (nSPS) is 11.1. The lowest BCUT2D eigenvalue weighted by atomic mass is 10.1. The minimum atomic E-state index is -4.14. The average molecular weight is 473 g/mol. The Morgan fingerprint density at radius 1 is 1.00 bits per heavy atom. The molecule has 0 radical (unpaired) electrons. The molecule has 0 unspecified atom stereocenters. The van der Waals surface area contributed by atoms with E-state index in [0.29, 0.717) is 22.6 Å². The molecule has 0 aliphatic heterocycles. The number of ether oxygens (including phenoxy) is 1. The van der Waals surface area contributed by atoms with Crippen molar-refractivity contribution in [1.82, 2.24) is 0 Å². The number of halogens is 1. The van der Waals surface area contributed by atoms with Crippen LogP contribution in [0.4, 0.5) is 10.1 Å². The van der Waals surface area contributed by atoms with Gasteiger partial charge in [0, 0.05) is 11.8 Å². The number of rotatable bonds is 7. The Hall–Kier alpha value is -3.92. The van der Waals surface area contributed by atoms with Gasteiger partial charge in [0.1, 0.15) is 34.4 Å². The Morgan fingerprint density at radius 3 is 2.18 bits per heavy atom. The van der Waals surface area contributed by atoms with E-state index >= 15 is 0 Å². The van der Waals surface area contributed by atoms with Crippen LogP contribution in [-0.4, -0.2) is 30.5 Å². The molecule has 0 aliphatic rings. The molecule has 3 aromatic carbocycles. The van der Waals surface area contributed by atoms with Gasteiger partial charge in [0.05, 0.1) is 4.90 Å². The van der Waals surface area contributed by atoms with Crippen LogP contribution in [-0.2, 0) is 19.4 Å². The zero-order valence-electron chi connectivity index (χ0n) is 17.6. The van der Waals surface area contributed by atoms with Crippen molar-refractivity contribution in [2.45, 2.75) is 30.1 Å². The van der Waals surface area contributed by atoms with Gasteiger partial charge in [-0.05, 0) is 73.5 Å². The number of carbonyl (C=O) groups is 2. The highest BCUT2D eigenvalue weighted by Gasteiger charge is 2.23. The van der Waals surface area contributed by atoms with Crippen LogP contribution in [0.2, 0.25) is 0 Å². The van der Waals surface area contributed by atoms with Gasteiger partial charge in [0.2, 0.25) is 15.7 Å². The molecule has 33 heavy (non-hydrogen) atoms. The number of benzene rings is 3. The predicted octanol–water partition coefficient (Wildman–Crippen LogP) is 4.19. The van der Waals surface area contributed by atoms with Gasteiger partial charge in [0.15, 0.2) is 0 Å². The lowest BCUT2D eigenvalue weighted by molar-refractivity contribution is -0.139. The third-order valence-corrected chi connectivity index (χ3v) is 6.42. The van der Waals surface area contributed by atoms with E-state index in [1.807, 2.05) is 0 Å². The molecule has 0 saturated carbocycles. The maximum atomic E-state index is 13.2. The first-order valence-electron chi connectivity index (χ1n) is 9.62. The molecule has 0 bridgehead atoms. The summed E-state index contributed by atoms with van der Waals surface area (Å²) in [6.07, 6.45) is -0.671. The first kappa shape index (κ1) is 23.7. The Morgan fingerprint density at radius 2 is 1.61 bits per heavy atom. The van der Waals surface area contributed by atoms with E-state index in [1.54, 1.807) is 26.0 Å². The maximum absolute atomic E-state index is 13.2. The highest BCUT2D eigenvalue weighted by Crippen LogP contribution is 2.36. The summed E-state index contributed by atoms with van der Waals surface area (Å²) in [4.78, 5) is 21.8. The summed E-state index contributed by atoms with van der Waals surface area (Å²) in [5, 5.41) is 21.3. The highest BCUT2D eigenvalue weighted by atomic mass is 32.2. The van der Waals surface area contributed by atoms with E-state index in [4.69, 9.17) is 9.84 Å². The molecule has 1 amide bonds. The summed E-state index contributed by atoms with van der Waals surface area (Å²) < 4.78 is 44.9. The molecule has 172 valence electrons. The molecule has 10 heteroatoms. The highest BCUT2D eigenvalue weighted by molar-refractivity contribution is 7.91. The summed E-state index contributed by atoms with van der Waals surface area (Å²) in [5.74, 6) is -2.49. The smallest absolute Gasteiger partial charge is 0.312 e. The molecule has 3 rings (SSSR count). The van der Waals surface area contributed by atoms with E-state index in [9.17, 15) is 27.5 Å². The number of aromatic hydroxyl groups is 1. The van der Waals surface area contributed by atoms with Gasteiger partial charge in [-0.3, -0.25) is 9.59 Å². The van der Waals surface area contributed by atoms with Crippen LogP contribution in [0.25, 0.3) is 0 Å². The minimum absolute atomic E-state index is 0.127. The number of sulfone groups is 1. The van der Waals surface area contributed by atoms with Gasteiger partial charge in [-0.2, -0.15) is 0 Å². The van der Waals surface area contributed by atoms with Gasteiger partial charge in [-0.15, -0.1) is 0 Å². The molecule has 8 nitrogen and oxygen atoms in total. The zero-order chi connectivity index (χ0) is 24.3. The maximum Gasteiger partial charge on any atom is 0.312 e. The van der Waals surface area contributed by atoms with Gasteiger partial charge in [-0.25, -0.2) is 12.8 Å². The fourth-order valence-corrected chi connectivity index (χ4v) is 4.52. The number of hydrogen-bond acceptors (Lipinski definition) is 6. The van der Waals surface area contributed by atoms with Crippen molar-refractivity contribution in [1.29, 1.82) is 0 Å². The number of amides is 1. The van der Waals surface area contributed by atoms with Crippen molar-refractivity contribution < 1.29 is 37.3 Å². The number of hydrogen-bond donors (Lipinski definition) is 3. The van der Waals surface area contributed by atoms with Gasteiger partial charge >= 0.3 is 5.97 Å². The van der Waals surface area contributed by atoms with E-state index in [2.05, 4.69) is 5.32 Å². The van der Waals surface area contributed by atoms with Crippen LogP contribution >= 0.6 is 0 Å². The molecule has 0 saturated heterocycles. The Labute approximate surface area is 189 Å². The second-order valence-electron chi connectivity index (χ2n) is 7.25. The summed E-state index contributed by atoms with van der Waals surface area (Å²) in [5.41, 5.74) is 1.57. The fourth-order valence-electron chi connectivity index (χ4n) is 3.16. The molecule has 3 aromatic rings. The Kier molecular flexibility index (Phi) is 6.68. The van der Waals surface area contributed by atoms with Crippen molar-refractivity contribution in [3.63, 3.8) is 0 Å².